The van der Waals surface area contributed by atoms with Crippen LogP contribution in [0.5, 0.6) is 5.75 Å². The Hall–Kier alpha value is -2.82. The van der Waals surface area contributed by atoms with Crippen LogP contribution in [0, 0.1) is 0 Å². The quantitative estimate of drug-likeness (QED) is 0.714. The number of ketones is 1. The summed E-state index contributed by atoms with van der Waals surface area (Å²) < 4.78 is 5.11. The summed E-state index contributed by atoms with van der Waals surface area (Å²) in [6.07, 6.45) is 0. The highest BCUT2D eigenvalue weighted by Gasteiger charge is 2.11. The van der Waals surface area contributed by atoms with Gasteiger partial charge in [0.2, 0.25) is 0 Å². The number of aromatic nitrogens is 2. The van der Waals surface area contributed by atoms with Gasteiger partial charge in [0.15, 0.2) is 5.78 Å². The number of rotatable bonds is 3. The van der Waals surface area contributed by atoms with Crippen molar-refractivity contribution in [3.8, 4) is 5.75 Å². The van der Waals surface area contributed by atoms with Gasteiger partial charge in [-0.3, -0.25) is 4.79 Å². The number of H-pyrrole nitrogens is 2. The Kier molecular flexibility index (Phi) is 2.87. The van der Waals surface area contributed by atoms with E-state index in [4.69, 9.17) is 4.74 Å². The number of ether oxygens (including phenoxy) is 1. The van der Waals surface area contributed by atoms with Crippen molar-refractivity contribution in [3.05, 3.63) is 64.1 Å². The Morgan fingerprint density at radius 3 is 2.55 bits per heavy atom. The molecule has 0 aliphatic heterocycles. The molecule has 100 valence electrons. The third-order valence-electron chi connectivity index (χ3n) is 3.11. The van der Waals surface area contributed by atoms with E-state index >= 15 is 0 Å². The van der Waals surface area contributed by atoms with Crippen molar-refractivity contribution in [2.24, 2.45) is 0 Å². The van der Waals surface area contributed by atoms with Gasteiger partial charge in [0.25, 0.3) is 0 Å². The maximum Gasteiger partial charge on any atom is 0.323 e. The number of hydrogen-bond donors (Lipinski definition) is 2. The number of fused-ring (bicyclic) bond motifs is 1. The van der Waals surface area contributed by atoms with Crippen molar-refractivity contribution in [2.75, 3.05) is 7.11 Å². The normalized spacial score (nSPS) is 10.7. The lowest BCUT2D eigenvalue weighted by atomic mass is 10.0. The summed E-state index contributed by atoms with van der Waals surface area (Å²) in [6.45, 7) is 0. The zero-order chi connectivity index (χ0) is 14.1. The average Bonchev–Trinajstić information content (AvgIpc) is 2.85. The standard InChI is InChI=1S/C15H12N2O3/c1-20-11-4-2-3-9(7-11)14(18)10-5-6-12-13(8-10)17-15(19)16-12/h2-8H,1H3,(H2,16,17,19). The summed E-state index contributed by atoms with van der Waals surface area (Å²) in [5, 5.41) is 0. The molecule has 0 amide bonds. The monoisotopic (exact) mass is 268 g/mol. The van der Waals surface area contributed by atoms with Crippen LogP contribution in [0.15, 0.2) is 47.3 Å². The lowest BCUT2D eigenvalue weighted by Gasteiger charge is -2.04. The Morgan fingerprint density at radius 1 is 1.00 bits per heavy atom. The number of carbonyl (C=O) groups is 1. The molecular formula is C15H12N2O3. The molecule has 0 radical (unpaired) electrons. The number of nitrogens with one attached hydrogen (secondary N) is 2. The van der Waals surface area contributed by atoms with Gasteiger partial charge in [-0.15, -0.1) is 0 Å². The molecule has 0 bridgehead atoms. The minimum Gasteiger partial charge on any atom is -0.497 e. The summed E-state index contributed by atoms with van der Waals surface area (Å²) in [6, 6.07) is 12.0. The van der Waals surface area contributed by atoms with Crippen molar-refractivity contribution < 1.29 is 9.53 Å². The third-order valence-corrected chi connectivity index (χ3v) is 3.11. The van der Waals surface area contributed by atoms with Crippen LogP contribution >= 0.6 is 0 Å². The van der Waals surface area contributed by atoms with Crippen molar-refractivity contribution in [1.82, 2.24) is 9.97 Å². The van der Waals surface area contributed by atoms with E-state index in [1.165, 1.54) is 0 Å². The van der Waals surface area contributed by atoms with Gasteiger partial charge >= 0.3 is 5.69 Å². The van der Waals surface area contributed by atoms with E-state index in [0.717, 1.165) is 0 Å². The highest BCUT2D eigenvalue weighted by Crippen LogP contribution is 2.18. The van der Waals surface area contributed by atoms with Crippen LogP contribution in [-0.4, -0.2) is 22.9 Å². The molecule has 1 heterocycles. The van der Waals surface area contributed by atoms with Crippen LogP contribution in [0.3, 0.4) is 0 Å². The predicted molar refractivity (Wildman–Crippen MR) is 75.3 cm³/mol. The molecular weight excluding hydrogens is 256 g/mol. The van der Waals surface area contributed by atoms with E-state index in [1.54, 1.807) is 49.6 Å². The molecule has 0 saturated heterocycles. The fourth-order valence-electron chi connectivity index (χ4n) is 2.10. The molecule has 20 heavy (non-hydrogen) atoms. The van der Waals surface area contributed by atoms with Crippen molar-refractivity contribution >= 4 is 16.8 Å². The van der Waals surface area contributed by atoms with Crippen molar-refractivity contribution in [2.45, 2.75) is 0 Å². The number of methoxy groups -OCH3 is 1. The van der Waals surface area contributed by atoms with E-state index in [2.05, 4.69) is 9.97 Å². The van der Waals surface area contributed by atoms with Gasteiger partial charge in [0, 0.05) is 11.1 Å². The van der Waals surface area contributed by atoms with Gasteiger partial charge in [-0.1, -0.05) is 12.1 Å². The molecule has 0 saturated carbocycles. The Labute approximate surface area is 114 Å². The minimum absolute atomic E-state index is 0.118. The van der Waals surface area contributed by atoms with Crippen molar-refractivity contribution in [1.29, 1.82) is 0 Å². The second-order valence-electron chi connectivity index (χ2n) is 4.40. The summed E-state index contributed by atoms with van der Waals surface area (Å²) in [5.41, 5.74) is 2.06. The van der Waals surface area contributed by atoms with Gasteiger partial charge in [-0.2, -0.15) is 0 Å². The number of benzene rings is 2. The highest BCUT2D eigenvalue weighted by molar-refractivity contribution is 6.10. The molecule has 3 rings (SSSR count). The molecule has 5 heteroatoms. The second-order valence-corrected chi connectivity index (χ2v) is 4.40. The Bertz CT molecular complexity index is 845. The number of hydrogen-bond acceptors (Lipinski definition) is 3. The molecule has 0 unspecified atom stereocenters. The first-order chi connectivity index (χ1) is 9.67. The predicted octanol–water partition coefficient (Wildman–Crippen LogP) is 2.10. The van der Waals surface area contributed by atoms with Crippen LogP contribution in [0.2, 0.25) is 0 Å². The summed E-state index contributed by atoms with van der Waals surface area (Å²) >= 11 is 0. The van der Waals surface area contributed by atoms with Crippen molar-refractivity contribution in [3.63, 3.8) is 0 Å². The van der Waals surface area contributed by atoms with Gasteiger partial charge in [0.05, 0.1) is 18.1 Å². The molecule has 0 spiro atoms. The van der Waals surface area contributed by atoms with E-state index in [9.17, 15) is 9.59 Å². The Morgan fingerprint density at radius 2 is 1.75 bits per heavy atom. The maximum atomic E-state index is 12.4. The first-order valence-electron chi connectivity index (χ1n) is 6.08. The summed E-state index contributed by atoms with van der Waals surface area (Å²) in [5.74, 6) is 0.514. The number of imidazole rings is 1. The topological polar surface area (TPSA) is 75.0 Å². The van der Waals surface area contributed by atoms with Crippen LogP contribution in [0.25, 0.3) is 11.0 Å². The van der Waals surface area contributed by atoms with Crippen LogP contribution in [0.4, 0.5) is 0 Å². The fraction of sp³-hybridized carbons (Fsp3) is 0.0667. The lowest BCUT2D eigenvalue weighted by Crippen LogP contribution is -2.01. The number of carbonyl (C=O) groups excluding carboxylic acids is 1. The van der Waals surface area contributed by atoms with Gasteiger partial charge in [-0.25, -0.2) is 4.79 Å². The highest BCUT2D eigenvalue weighted by atomic mass is 16.5. The zero-order valence-corrected chi connectivity index (χ0v) is 10.8. The molecule has 0 atom stereocenters. The number of aromatic amines is 2. The maximum absolute atomic E-state index is 12.4. The van der Waals surface area contributed by atoms with Crippen LogP contribution in [-0.2, 0) is 0 Å². The van der Waals surface area contributed by atoms with Crippen LogP contribution < -0.4 is 10.4 Å². The average molecular weight is 268 g/mol. The van der Waals surface area contributed by atoms with Gasteiger partial charge in [-0.05, 0) is 30.3 Å². The molecule has 3 aromatic rings. The fourth-order valence-corrected chi connectivity index (χ4v) is 2.10. The Balaban J connectivity index is 2.04. The first-order valence-corrected chi connectivity index (χ1v) is 6.08. The van der Waals surface area contributed by atoms with E-state index in [-0.39, 0.29) is 11.5 Å². The molecule has 0 fully saturated rings. The van der Waals surface area contributed by atoms with E-state index in [1.807, 2.05) is 0 Å². The molecule has 2 aromatic carbocycles. The third kappa shape index (κ3) is 2.09. The lowest BCUT2D eigenvalue weighted by molar-refractivity contribution is 0.103. The largest absolute Gasteiger partial charge is 0.497 e. The van der Waals surface area contributed by atoms with E-state index in [0.29, 0.717) is 27.9 Å². The second kappa shape index (κ2) is 4.70. The molecule has 0 aliphatic carbocycles. The van der Waals surface area contributed by atoms with Gasteiger partial charge < -0.3 is 14.7 Å². The SMILES string of the molecule is COc1cccc(C(=O)c2ccc3[nH]c(=O)[nH]c3c2)c1. The summed E-state index contributed by atoms with van der Waals surface area (Å²) in [7, 11) is 1.56. The summed E-state index contributed by atoms with van der Waals surface area (Å²) in [4.78, 5) is 28.9. The molecule has 2 N–H and O–H groups in total. The zero-order valence-electron chi connectivity index (χ0n) is 10.8. The van der Waals surface area contributed by atoms with E-state index < -0.39 is 0 Å². The molecule has 5 nitrogen and oxygen atoms in total. The molecule has 1 aromatic heterocycles. The van der Waals surface area contributed by atoms with Crippen LogP contribution in [0.1, 0.15) is 15.9 Å². The first kappa shape index (κ1) is 12.2. The molecule has 0 aliphatic rings. The van der Waals surface area contributed by atoms with Gasteiger partial charge in [0.1, 0.15) is 5.75 Å². The minimum atomic E-state index is -0.286. The smallest absolute Gasteiger partial charge is 0.323 e.